The van der Waals surface area contributed by atoms with Crippen molar-refractivity contribution in [1.82, 2.24) is 30.1 Å². The Morgan fingerprint density at radius 2 is 2.00 bits per heavy atom. The summed E-state index contributed by atoms with van der Waals surface area (Å²) in [4.78, 5) is 22.9. The molecule has 198 valence electrons. The zero-order chi connectivity index (χ0) is 26.0. The number of hydrogen-bond donors (Lipinski definition) is 3. The molecule has 4 N–H and O–H groups in total. The molecular weight excluding hydrogens is 513 g/mol. The van der Waals surface area contributed by atoms with Gasteiger partial charge in [-0.2, -0.15) is 5.10 Å². The van der Waals surface area contributed by atoms with E-state index in [-0.39, 0.29) is 18.7 Å². The number of nitrogens with one attached hydrogen (secondary N) is 1. The van der Waals surface area contributed by atoms with Crippen molar-refractivity contribution in [3.05, 3.63) is 29.0 Å². The number of benzene rings is 1. The van der Waals surface area contributed by atoms with Crippen molar-refractivity contribution in [1.29, 1.82) is 0 Å². The van der Waals surface area contributed by atoms with Crippen molar-refractivity contribution in [3.63, 3.8) is 0 Å². The summed E-state index contributed by atoms with van der Waals surface area (Å²) in [5.74, 6) is 1.20. The summed E-state index contributed by atoms with van der Waals surface area (Å²) in [5, 5.41) is 18.1. The zero-order valence-electron chi connectivity index (χ0n) is 20.5. The van der Waals surface area contributed by atoms with Gasteiger partial charge in [0.1, 0.15) is 28.7 Å². The molecule has 0 amide bonds. The van der Waals surface area contributed by atoms with Crippen molar-refractivity contribution in [3.8, 4) is 11.3 Å². The number of anilines is 2. The molecule has 0 radical (unpaired) electrons. The molecule has 11 nitrogen and oxygen atoms in total. The second-order valence-electron chi connectivity index (χ2n) is 10.1. The Labute approximate surface area is 222 Å². The molecule has 3 saturated heterocycles. The number of nitrogens with two attached hydrogens (primary N) is 1. The Kier molecular flexibility index (Phi) is 5.80. The standard InChI is InChI=1S/C25H27ClFN9O2/c26-19-13(2-3-15-22(19)31-18(10-29-15)35-5-7-38-8-6-35)21-23-24(34-33-21)32-25(16(11-37)30-23)36-12-1-4-17(36)20(27)14(28)9-12/h2-3,10,12,14,17,20,37H,1,4-9,11,28H2,(H,32,33,34)/t12-,14-,17+,20-/m0/s1. The summed E-state index contributed by atoms with van der Waals surface area (Å²) in [6.07, 6.45) is 2.64. The van der Waals surface area contributed by atoms with E-state index in [1.165, 1.54) is 0 Å². The van der Waals surface area contributed by atoms with Gasteiger partial charge in [-0.1, -0.05) is 11.6 Å². The number of halogens is 2. The molecule has 0 spiro atoms. The average molecular weight is 540 g/mol. The predicted molar refractivity (Wildman–Crippen MR) is 141 cm³/mol. The van der Waals surface area contributed by atoms with Crippen molar-refractivity contribution < 1.29 is 14.2 Å². The molecule has 3 aromatic heterocycles. The van der Waals surface area contributed by atoms with E-state index in [4.69, 9.17) is 37.0 Å². The number of piperidine rings is 1. The first-order valence-electron chi connectivity index (χ1n) is 12.9. The normalized spacial score (nSPS) is 25.6. The summed E-state index contributed by atoms with van der Waals surface area (Å²) < 4.78 is 20.4. The Bertz CT molecular complexity index is 1530. The highest BCUT2D eigenvalue weighted by Gasteiger charge is 2.48. The van der Waals surface area contributed by atoms with Gasteiger partial charge < -0.3 is 25.4 Å². The van der Waals surface area contributed by atoms with Gasteiger partial charge in [-0.3, -0.25) is 10.1 Å². The molecule has 3 fully saturated rings. The third-order valence-corrected chi connectivity index (χ3v) is 8.33. The minimum absolute atomic E-state index is 0.0617. The van der Waals surface area contributed by atoms with Gasteiger partial charge in [0.15, 0.2) is 5.82 Å². The molecule has 0 unspecified atom stereocenters. The molecule has 4 aromatic rings. The monoisotopic (exact) mass is 539 g/mol. The van der Waals surface area contributed by atoms with E-state index in [0.29, 0.717) is 76.0 Å². The number of hydrogen-bond acceptors (Lipinski definition) is 10. The van der Waals surface area contributed by atoms with Gasteiger partial charge >= 0.3 is 0 Å². The van der Waals surface area contributed by atoms with Crippen molar-refractivity contribution in [2.45, 2.75) is 50.2 Å². The first-order valence-corrected chi connectivity index (χ1v) is 13.2. The molecule has 38 heavy (non-hydrogen) atoms. The van der Waals surface area contributed by atoms with Gasteiger partial charge in [0.2, 0.25) is 5.65 Å². The summed E-state index contributed by atoms with van der Waals surface area (Å²) in [5.41, 5.74) is 9.68. The Morgan fingerprint density at radius 1 is 1.16 bits per heavy atom. The molecule has 2 bridgehead atoms. The maximum absolute atomic E-state index is 15.0. The fourth-order valence-corrected chi connectivity index (χ4v) is 6.35. The lowest BCUT2D eigenvalue weighted by Crippen LogP contribution is -2.56. The highest BCUT2D eigenvalue weighted by molar-refractivity contribution is 6.38. The number of aliphatic hydroxyl groups is 1. The second kappa shape index (κ2) is 9.23. The van der Waals surface area contributed by atoms with Gasteiger partial charge in [-0.05, 0) is 31.4 Å². The first-order chi connectivity index (χ1) is 18.5. The summed E-state index contributed by atoms with van der Waals surface area (Å²) in [7, 11) is 0. The van der Waals surface area contributed by atoms with E-state index in [2.05, 4.69) is 20.1 Å². The van der Waals surface area contributed by atoms with E-state index in [1.807, 2.05) is 17.0 Å². The van der Waals surface area contributed by atoms with Crippen LogP contribution in [0, 0.1) is 0 Å². The smallest absolute Gasteiger partial charge is 0.202 e. The number of alkyl halides is 1. The number of rotatable bonds is 4. The highest BCUT2D eigenvalue weighted by atomic mass is 35.5. The number of morpholine rings is 1. The second-order valence-corrected chi connectivity index (χ2v) is 10.5. The lowest BCUT2D eigenvalue weighted by atomic mass is 9.96. The van der Waals surface area contributed by atoms with Crippen LogP contribution in [0.2, 0.25) is 5.02 Å². The number of ether oxygens (including phenoxy) is 1. The van der Waals surface area contributed by atoms with Crippen LogP contribution in [0.5, 0.6) is 0 Å². The number of nitrogens with zero attached hydrogens (tertiary/aromatic N) is 7. The lowest BCUT2D eigenvalue weighted by Gasteiger charge is -2.41. The van der Waals surface area contributed by atoms with Crippen LogP contribution in [-0.4, -0.2) is 85.8 Å². The molecular formula is C25H27ClFN9O2. The van der Waals surface area contributed by atoms with Crippen LogP contribution in [0.4, 0.5) is 16.0 Å². The number of fused-ring (bicyclic) bond motifs is 4. The Balaban J connectivity index is 1.30. The number of aromatic nitrogens is 6. The molecule has 0 saturated carbocycles. The molecule has 13 heteroatoms. The van der Waals surface area contributed by atoms with E-state index >= 15 is 0 Å². The zero-order valence-corrected chi connectivity index (χ0v) is 21.3. The minimum atomic E-state index is -1.16. The van der Waals surface area contributed by atoms with Crippen LogP contribution in [0.1, 0.15) is 25.0 Å². The van der Waals surface area contributed by atoms with Crippen LogP contribution >= 0.6 is 11.6 Å². The number of aromatic amines is 1. The summed E-state index contributed by atoms with van der Waals surface area (Å²) >= 11 is 6.89. The van der Waals surface area contributed by atoms with Crippen molar-refractivity contribution in [2.75, 3.05) is 36.1 Å². The van der Waals surface area contributed by atoms with Crippen LogP contribution < -0.4 is 15.5 Å². The SMILES string of the molecule is N[C@H]1C[C@@H]2CC[C@H]([C@H]1F)N2c1nc2n[nH]c(-c3ccc4ncc(N5CCOCC5)nc4c3Cl)c2nc1CO. The maximum Gasteiger partial charge on any atom is 0.202 e. The average Bonchev–Trinajstić information content (AvgIpc) is 3.52. The molecule has 7 rings (SSSR count). The number of H-pyrrole nitrogens is 1. The quantitative estimate of drug-likeness (QED) is 0.353. The Morgan fingerprint density at radius 3 is 2.82 bits per heavy atom. The molecule has 3 aliphatic rings. The third-order valence-electron chi connectivity index (χ3n) is 7.95. The molecule has 0 aliphatic carbocycles. The largest absolute Gasteiger partial charge is 0.390 e. The van der Waals surface area contributed by atoms with Crippen LogP contribution in [0.15, 0.2) is 18.3 Å². The number of aliphatic hydroxyl groups excluding tert-OH is 1. The first kappa shape index (κ1) is 23.9. The fraction of sp³-hybridized carbons (Fsp3) is 0.480. The van der Waals surface area contributed by atoms with E-state index < -0.39 is 12.2 Å². The van der Waals surface area contributed by atoms with Gasteiger partial charge in [0, 0.05) is 30.7 Å². The van der Waals surface area contributed by atoms with E-state index in [0.717, 1.165) is 25.3 Å². The predicted octanol–water partition coefficient (Wildman–Crippen LogP) is 2.35. The van der Waals surface area contributed by atoms with Crippen molar-refractivity contribution >= 4 is 45.4 Å². The minimum Gasteiger partial charge on any atom is -0.390 e. The summed E-state index contributed by atoms with van der Waals surface area (Å²) in [6.45, 7) is 2.40. The molecule has 3 aliphatic heterocycles. The van der Waals surface area contributed by atoms with Gasteiger partial charge in [-0.15, -0.1) is 0 Å². The highest BCUT2D eigenvalue weighted by Crippen LogP contribution is 2.42. The van der Waals surface area contributed by atoms with Crippen LogP contribution in [0.3, 0.4) is 0 Å². The van der Waals surface area contributed by atoms with Gasteiger partial charge in [-0.25, -0.2) is 19.3 Å². The topological polar surface area (TPSA) is 142 Å². The molecule has 4 atom stereocenters. The van der Waals surface area contributed by atoms with Crippen molar-refractivity contribution in [2.24, 2.45) is 5.73 Å². The van der Waals surface area contributed by atoms with Gasteiger partial charge in [0.05, 0.1) is 48.3 Å². The van der Waals surface area contributed by atoms with E-state index in [9.17, 15) is 9.50 Å². The molecule has 6 heterocycles. The fourth-order valence-electron chi connectivity index (χ4n) is 6.05. The third kappa shape index (κ3) is 3.69. The maximum atomic E-state index is 15.0. The van der Waals surface area contributed by atoms with Crippen LogP contribution in [0.25, 0.3) is 33.5 Å². The summed E-state index contributed by atoms with van der Waals surface area (Å²) in [6, 6.07) is 2.89. The Hall–Kier alpha value is -3.19. The van der Waals surface area contributed by atoms with Crippen LogP contribution in [-0.2, 0) is 11.3 Å². The van der Waals surface area contributed by atoms with Gasteiger partial charge in [0.25, 0.3) is 0 Å². The molecule has 1 aromatic carbocycles. The lowest BCUT2D eigenvalue weighted by molar-refractivity contribution is 0.122. The van der Waals surface area contributed by atoms with E-state index in [1.54, 1.807) is 6.20 Å².